The lowest BCUT2D eigenvalue weighted by atomic mass is 10.2. The minimum atomic E-state index is 0.789. The second kappa shape index (κ2) is 5.44. The van der Waals surface area contributed by atoms with E-state index in [4.69, 9.17) is 0 Å². The molecule has 3 nitrogen and oxygen atoms in total. The summed E-state index contributed by atoms with van der Waals surface area (Å²) in [5.74, 6) is 0. The van der Waals surface area contributed by atoms with E-state index in [0.29, 0.717) is 0 Å². The Kier molecular flexibility index (Phi) is 3.50. The third kappa shape index (κ3) is 2.78. The summed E-state index contributed by atoms with van der Waals surface area (Å²) in [4.78, 5) is 4.35. The third-order valence-corrected chi connectivity index (χ3v) is 3.43. The highest BCUT2D eigenvalue weighted by molar-refractivity contribution is 14.1. The number of hydrogen-bond acceptors (Lipinski definition) is 3. The van der Waals surface area contributed by atoms with Gasteiger partial charge in [0.15, 0.2) is 0 Å². The van der Waals surface area contributed by atoms with Crippen LogP contribution in [0.1, 0.15) is 0 Å². The smallest absolute Gasteiger partial charge is 0.112 e. The van der Waals surface area contributed by atoms with E-state index in [0.717, 1.165) is 22.3 Å². The maximum atomic E-state index is 4.35. The fourth-order valence-corrected chi connectivity index (χ4v) is 2.15. The van der Waals surface area contributed by atoms with Crippen LogP contribution in [0.5, 0.6) is 0 Å². The zero-order valence-corrected chi connectivity index (χ0v) is 12.2. The molecule has 0 saturated carbocycles. The minimum absolute atomic E-state index is 0.789. The van der Waals surface area contributed by atoms with Crippen LogP contribution in [-0.4, -0.2) is 4.98 Å². The first-order valence-electron chi connectivity index (χ1n) is 5.84. The van der Waals surface area contributed by atoms with Crippen molar-refractivity contribution in [1.29, 1.82) is 0 Å². The number of benzene rings is 2. The van der Waals surface area contributed by atoms with E-state index in [9.17, 15) is 0 Å². The van der Waals surface area contributed by atoms with Crippen LogP contribution in [0.3, 0.4) is 0 Å². The van der Waals surface area contributed by atoms with E-state index in [1.165, 1.54) is 3.57 Å². The number of hydrogen-bond donors (Lipinski definition) is 0. The monoisotopic (exact) mass is 359 g/mol. The number of aromatic nitrogens is 1. The molecule has 1 heterocycles. The predicted octanol–water partition coefficient (Wildman–Crippen LogP) is 5.25. The molecule has 1 aromatic heterocycles. The molecule has 19 heavy (non-hydrogen) atoms. The Morgan fingerprint density at radius 2 is 1.63 bits per heavy atom. The lowest BCUT2D eigenvalue weighted by Gasteiger charge is -1.99. The topological polar surface area (TPSA) is 37.6 Å². The van der Waals surface area contributed by atoms with Gasteiger partial charge in [0.2, 0.25) is 0 Å². The van der Waals surface area contributed by atoms with Crippen LogP contribution >= 0.6 is 22.6 Å². The highest BCUT2D eigenvalue weighted by Gasteiger charge is 1.99. The van der Waals surface area contributed by atoms with Crippen molar-refractivity contribution in [2.24, 2.45) is 10.2 Å². The Hall–Kier alpha value is -1.82. The van der Waals surface area contributed by atoms with Crippen molar-refractivity contribution in [2.45, 2.75) is 0 Å². The Balaban J connectivity index is 1.99. The van der Waals surface area contributed by atoms with Crippen molar-refractivity contribution in [3.63, 3.8) is 0 Å². The third-order valence-electron chi connectivity index (χ3n) is 2.71. The SMILES string of the molecule is Ic1ccc(N=Nc2cccc3cccnc23)cc1. The summed E-state index contributed by atoms with van der Waals surface area (Å²) in [6.07, 6.45) is 1.77. The van der Waals surface area contributed by atoms with Crippen molar-refractivity contribution < 1.29 is 0 Å². The number of nitrogens with zero attached hydrogens (tertiary/aromatic N) is 3. The highest BCUT2D eigenvalue weighted by atomic mass is 127. The van der Waals surface area contributed by atoms with Gasteiger partial charge in [-0.25, -0.2) is 0 Å². The van der Waals surface area contributed by atoms with Gasteiger partial charge >= 0.3 is 0 Å². The Bertz CT molecular complexity index is 730. The normalized spacial score (nSPS) is 11.2. The summed E-state index contributed by atoms with van der Waals surface area (Å²) in [5.41, 5.74) is 2.50. The van der Waals surface area contributed by atoms with E-state index >= 15 is 0 Å². The van der Waals surface area contributed by atoms with Crippen LogP contribution in [0, 0.1) is 3.57 Å². The molecule has 0 saturated heterocycles. The molecule has 0 aliphatic carbocycles. The van der Waals surface area contributed by atoms with Crippen molar-refractivity contribution in [1.82, 2.24) is 4.98 Å². The molecule has 0 aliphatic heterocycles. The Morgan fingerprint density at radius 1 is 0.842 bits per heavy atom. The summed E-state index contributed by atoms with van der Waals surface area (Å²) >= 11 is 2.27. The van der Waals surface area contributed by atoms with Gasteiger partial charge in [-0.3, -0.25) is 4.98 Å². The largest absolute Gasteiger partial charge is 0.254 e. The van der Waals surface area contributed by atoms with Gasteiger partial charge in [-0.05, 0) is 59.0 Å². The van der Waals surface area contributed by atoms with Crippen molar-refractivity contribution in [2.75, 3.05) is 0 Å². The van der Waals surface area contributed by atoms with Gasteiger partial charge in [-0.2, -0.15) is 5.11 Å². The molecule has 0 aliphatic rings. The number of para-hydroxylation sites is 1. The molecule has 0 amide bonds. The number of fused-ring (bicyclic) bond motifs is 1. The molecule has 4 heteroatoms. The van der Waals surface area contributed by atoms with Crippen LogP contribution in [0.15, 0.2) is 71.0 Å². The van der Waals surface area contributed by atoms with Gasteiger partial charge in [0.1, 0.15) is 5.69 Å². The highest BCUT2D eigenvalue weighted by Crippen LogP contribution is 2.25. The lowest BCUT2D eigenvalue weighted by molar-refractivity contribution is 1.23. The molecule has 2 aromatic carbocycles. The fourth-order valence-electron chi connectivity index (χ4n) is 1.79. The molecule has 0 radical (unpaired) electrons. The van der Waals surface area contributed by atoms with E-state index in [-0.39, 0.29) is 0 Å². The Morgan fingerprint density at radius 3 is 2.47 bits per heavy atom. The minimum Gasteiger partial charge on any atom is -0.254 e. The maximum absolute atomic E-state index is 4.35. The number of halogens is 1. The maximum Gasteiger partial charge on any atom is 0.112 e. The molecule has 3 rings (SSSR count). The van der Waals surface area contributed by atoms with E-state index in [1.807, 2.05) is 54.6 Å². The van der Waals surface area contributed by atoms with Crippen LogP contribution in [0.2, 0.25) is 0 Å². The zero-order chi connectivity index (χ0) is 13.1. The average molecular weight is 359 g/mol. The van der Waals surface area contributed by atoms with Gasteiger partial charge < -0.3 is 0 Å². The lowest BCUT2D eigenvalue weighted by Crippen LogP contribution is -1.77. The summed E-state index contributed by atoms with van der Waals surface area (Å²) < 4.78 is 1.18. The summed E-state index contributed by atoms with van der Waals surface area (Å²) in [5, 5.41) is 9.61. The number of pyridine rings is 1. The van der Waals surface area contributed by atoms with Crippen molar-refractivity contribution in [3.05, 3.63) is 64.4 Å². The predicted molar refractivity (Wildman–Crippen MR) is 85.1 cm³/mol. The fraction of sp³-hybridized carbons (Fsp3) is 0. The van der Waals surface area contributed by atoms with Crippen molar-refractivity contribution in [3.8, 4) is 0 Å². The second-order valence-corrected chi connectivity index (χ2v) is 5.27. The summed E-state index contributed by atoms with van der Waals surface area (Å²) in [6, 6.07) is 17.8. The van der Waals surface area contributed by atoms with Gasteiger partial charge in [-0.1, -0.05) is 18.2 Å². The first-order chi connectivity index (χ1) is 9.33. The van der Waals surface area contributed by atoms with E-state index in [2.05, 4.69) is 37.8 Å². The molecule has 0 atom stereocenters. The van der Waals surface area contributed by atoms with Crippen LogP contribution in [0.25, 0.3) is 10.9 Å². The standard InChI is InChI=1S/C15H10IN3/c16-12-6-8-13(9-7-12)18-19-14-5-1-3-11-4-2-10-17-15(11)14/h1-10H. The number of azo groups is 1. The molecule has 0 spiro atoms. The molecule has 0 N–H and O–H groups in total. The molecule has 92 valence electrons. The second-order valence-electron chi connectivity index (χ2n) is 4.03. The number of rotatable bonds is 2. The summed E-state index contributed by atoms with van der Waals surface area (Å²) in [7, 11) is 0. The quantitative estimate of drug-likeness (QED) is 0.455. The van der Waals surface area contributed by atoms with Gasteiger partial charge in [0.05, 0.1) is 11.2 Å². The molecule has 3 aromatic rings. The average Bonchev–Trinajstić information content (AvgIpc) is 2.47. The van der Waals surface area contributed by atoms with Gasteiger partial charge in [0, 0.05) is 15.2 Å². The van der Waals surface area contributed by atoms with E-state index in [1.54, 1.807) is 6.20 Å². The molecule has 0 bridgehead atoms. The molecular formula is C15H10IN3. The first kappa shape index (κ1) is 12.2. The summed E-state index contributed by atoms with van der Waals surface area (Å²) in [6.45, 7) is 0. The van der Waals surface area contributed by atoms with Gasteiger partial charge in [-0.15, -0.1) is 5.11 Å². The molecular weight excluding hydrogens is 349 g/mol. The molecule has 0 unspecified atom stereocenters. The van der Waals surface area contributed by atoms with Crippen LogP contribution < -0.4 is 0 Å². The zero-order valence-electron chi connectivity index (χ0n) is 9.99. The first-order valence-corrected chi connectivity index (χ1v) is 6.92. The Labute approximate surface area is 124 Å². The van der Waals surface area contributed by atoms with Crippen molar-refractivity contribution >= 4 is 44.9 Å². The van der Waals surface area contributed by atoms with E-state index < -0.39 is 0 Å². The van der Waals surface area contributed by atoms with Crippen LogP contribution in [-0.2, 0) is 0 Å². The van der Waals surface area contributed by atoms with Crippen LogP contribution in [0.4, 0.5) is 11.4 Å². The van der Waals surface area contributed by atoms with Gasteiger partial charge in [0.25, 0.3) is 0 Å². The molecule has 0 fully saturated rings.